The van der Waals surface area contributed by atoms with E-state index >= 15 is 0 Å². The van der Waals surface area contributed by atoms with Crippen LogP contribution in [0.5, 0.6) is 0 Å². The van der Waals surface area contributed by atoms with E-state index in [4.69, 9.17) is 10.5 Å². The number of amides is 1. The van der Waals surface area contributed by atoms with E-state index in [0.29, 0.717) is 19.8 Å². The molecule has 0 aromatic heterocycles. The van der Waals surface area contributed by atoms with Gasteiger partial charge >= 0.3 is 0 Å². The Hall–Kier alpha value is -1.39. The highest BCUT2D eigenvalue weighted by molar-refractivity contribution is 5.88. The summed E-state index contributed by atoms with van der Waals surface area (Å²) in [6.07, 6.45) is 2.27. The number of nitrogens with two attached hydrogens (primary N) is 1. The molecule has 0 bridgehead atoms. The number of ether oxygens (including phenoxy) is 1. The topological polar surface area (TPSA) is 64.3 Å². The van der Waals surface area contributed by atoms with Crippen molar-refractivity contribution in [2.45, 2.75) is 37.6 Å². The molecule has 3 N–H and O–H groups in total. The van der Waals surface area contributed by atoms with E-state index in [1.54, 1.807) is 0 Å². The average Bonchev–Trinajstić information content (AvgIpc) is 2.48. The Morgan fingerprint density at radius 1 is 1.35 bits per heavy atom. The van der Waals surface area contributed by atoms with Gasteiger partial charge in [0.15, 0.2) is 0 Å². The third-order valence-corrected chi connectivity index (χ3v) is 3.99. The Balaban J connectivity index is 2.13. The maximum Gasteiger partial charge on any atom is 0.230 e. The second-order valence-electron chi connectivity index (χ2n) is 5.58. The maximum absolute atomic E-state index is 12.7. The molecule has 1 saturated heterocycles. The molecule has 4 nitrogen and oxygen atoms in total. The number of rotatable bonds is 5. The van der Waals surface area contributed by atoms with Crippen LogP contribution < -0.4 is 11.1 Å². The van der Waals surface area contributed by atoms with Gasteiger partial charge in [0.25, 0.3) is 0 Å². The van der Waals surface area contributed by atoms with E-state index in [1.807, 2.05) is 37.3 Å². The van der Waals surface area contributed by atoms with Crippen LogP contribution >= 0.6 is 0 Å². The lowest BCUT2D eigenvalue weighted by Crippen LogP contribution is -2.48. The number of benzene rings is 1. The molecule has 4 heteroatoms. The highest BCUT2D eigenvalue weighted by Crippen LogP contribution is 2.35. The molecule has 1 amide bonds. The van der Waals surface area contributed by atoms with E-state index in [1.165, 1.54) is 0 Å². The fourth-order valence-electron chi connectivity index (χ4n) is 2.71. The first kappa shape index (κ1) is 15.0. The quantitative estimate of drug-likeness (QED) is 0.858. The van der Waals surface area contributed by atoms with Gasteiger partial charge in [0, 0.05) is 25.8 Å². The molecule has 1 atom stereocenters. The molecular weight excluding hydrogens is 252 g/mol. The summed E-state index contributed by atoms with van der Waals surface area (Å²) in [6.45, 7) is 3.85. The van der Waals surface area contributed by atoms with Gasteiger partial charge in [-0.15, -0.1) is 0 Å². The third kappa shape index (κ3) is 3.38. The summed E-state index contributed by atoms with van der Waals surface area (Å²) in [4.78, 5) is 12.7. The lowest BCUT2D eigenvalue weighted by atomic mass is 9.73. The summed E-state index contributed by atoms with van der Waals surface area (Å²) in [5.41, 5.74) is 6.37. The van der Waals surface area contributed by atoms with Crippen molar-refractivity contribution in [1.82, 2.24) is 5.32 Å². The van der Waals surface area contributed by atoms with Gasteiger partial charge in [-0.3, -0.25) is 4.79 Å². The Kier molecular flexibility index (Phi) is 5.15. The minimum atomic E-state index is -0.447. The van der Waals surface area contributed by atoms with Crippen LogP contribution in [0.25, 0.3) is 0 Å². The van der Waals surface area contributed by atoms with Gasteiger partial charge in [0.1, 0.15) is 0 Å². The zero-order valence-electron chi connectivity index (χ0n) is 12.1. The molecule has 1 aliphatic heterocycles. The molecule has 0 aliphatic carbocycles. The van der Waals surface area contributed by atoms with Crippen LogP contribution in [0, 0.1) is 0 Å². The van der Waals surface area contributed by atoms with Crippen LogP contribution in [-0.4, -0.2) is 31.7 Å². The Bertz CT molecular complexity index is 425. The van der Waals surface area contributed by atoms with E-state index in [-0.39, 0.29) is 11.9 Å². The summed E-state index contributed by atoms with van der Waals surface area (Å²) in [7, 11) is 0. The van der Waals surface area contributed by atoms with Crippen molar-refractivity contribution < 1.29 is 9.53 Å². The van der Waals surface area contributed by atoms with Gasteiger partial charge in [0.2, 0.25) is 5.91 Å². The molecular formula is C16H24N2O2. The molecule has 0 spiro atoms. The van der Waals surface area contributed by atoms with Crippen molar-refractivity contribution >= 4 is 5.91 Å². The first-order chi connectivity index (χ1) is 9.65. The number of hydrogen-bond acceptors (Lipinski definition) is 3. The highest BCUT2D eigenvalue weighted by Gasteiger charge is 2.41. The molecule has 2 rings (SSSR count). The van der Waals surface area contributed by atoms with Crippen molar-refractivity contribution in [3.63, 3.8) is 0 Å². The minimum Gasteiger partial charge on any atom is -0.381 e. The van der Waals surface area contributed by atoms with E-state index < -0.39 is 5.41 Å². The number of carbonyl (C=O) groups is 1. The van der Waals surface area contributed by atoms with Crippen LogP contribution in [0.2, 0.25) is 0 Å². The van der Waals surface area contributed by atoms with Crippen molar-refractivity contribution in [3.8, 4) is 0 Å². The zero-order chi connectivity index (χ0) is 14.4. The standard InChI is InChI=1S/C16H24N2O2/c1-13(17)7-10-18-15(19)16(8-11-20-12-9-16)14-5-3-2-4-6-14/h2-6,13H,7-12,17H2,1H3,(H,18,19). The van der Waals surface area contributed by atoms with Crippen LogP contribution in [0.15, 0.2) is 30.3 Å². The van der Waals surface area contributed by atoms with Gasteiger partial charge in [-0.25, -0.2) is 0 Å². The SMILES string of the molecule is CC(N)CCNC(=O)C1(c2ccccc2)CCOCC1. The van der Waals surface area contributed by atoms with Crippen LogP contribution in [0.3, 0.4) is 0 Å². The summed E-state index contributed by atoms with van der Waals surface area (Å²) in [5.74, 6) is 0.104. The third-order valence-electron chi connectivity index (χ3n) is 3.99. The summed E-state index contributed by atoms with van der Waals surface area (Å²) >= 11 is 0. The summed E-state index contributed by atoms with van der Waals surface area (Å²) < 4.78 is 5.44. The van der Waals surface area contributed by atoms with E-state index in [9.17, 15) is 4.79 Å². The largest absolute Gasteiger partial charge is 0.381 e. The van der Waals surface area contributed by atoms with E-state index in [2.05, 4.69) is 5.32 Å². The summed E-state index contributed by atoms with van der Waals surface area (Å²) in [5, 5.41) is 3.05. The molecule has 1 heterocycles. The predicted octanol–water partition coefficient (Wildman–Crippen LogP) is 1.59. The fraction of sp³-hybridized carbons (Fsp3) is 0.562. The van der Waals surface area contributed by atoms with Gasteiger partial charge in [-0.2, -0.15) is 0 Å². The molecule has 0 saturated carbocycles. The molecule has 1 aromatic carbocycles. The molecule has 1 aliphatic rings. The number of nitrogens with one attached hydrogen (secondary N) is 1. The number of carbonyl (C=O) groups excluding carboxylic acids is 1. The highest BCUT2D eigenvalue weighted by atomic mass is 16.5. The van der Waals surface area contributed by atoms with Gasteiger partial charge in [0.05, 0.1) is 5.41 Å². The van der Waals surface area contributed by atoms with Gasteiger partial charge < -0.3 is 15.8 Å². The van der Waals surface area contributed by atoms with E-state index in [0.717, 1.165) is 24.8 Å². The molecule has 20 heavy (non-hydrogen) atoms. The first-order valence-corrected chi connectivity index (χ1v) is 7.32. The maximum atomic E-state index is 12.7. The molecule has 1 fully saturated rings. The molecule has 0 radical (unpaired) electrons. The second kappa shape index (κ2) is 6.86. The monoisotopic (exact) mass is 276 g/mol. The smallest absolute Gasteiger partial charge is 0.230 e. The van der Waals surface area contributed by atoms with Crippen molar-refractivity contribution in [3.05, 3.63) is 35.9 Å². The minimum absolute atomic E-state index is 0.104. The Labute approximate surface area is 120 Å². The van der Waals surface area contributed by atoms with Crippen LogP contribution in [0.4, 0.5) is 0 Å². The zero-order valence-corrected chi connectivity index (χ0v) is 12.1. The van der Waals surface area contributed by atoms with Gasteiger partial charge in [-0.1, -0.05) is 30.3 Å². The van der Waals surface area contributed by atoms with Gasteiger partial charge in [-0.05, 0) is 31.7 Å². The van der Waals surface area contributed by atoms with Crippen LogP contribution in [-0.2, 0) is 14.9 Å². The van der Waals surface area contributed by atoms with Crippen molar-refractivity contribution in [2.75, 3.05) is 19.8 Å². The lowest BCUT2D eigenvalue weighted by molar-refractivity contribution is -0.130. The normalized spacial score (nSPS) is 19.3. The summed E-state index contributed by atoms with van der Waals surface area (Å²) in [6, 6.07) is 10.1. The average molecular weight is 276 g/mol. The second-order valence-corrected chi connectivity index (χ2v) is 5.58. The molecule has 1 aromatic rings. The van der Waals surface area contributed by atoms with Crippen molar-refractivity contribution in [1.29, 1.82) is 0 Å². The van der Waals surface area contributed by atoms with Crippen molar-refractivity contribution in [2.24, 2.45) is 5.73 Å². The predicted molar refractivity (Wildman–Crippen MR) is 79.4 cm³/mol. The molecule has 1 unspecified atom stereocenters. The first-order valence-electron chi connectivity index (χ1n) is 7.32. The number of hydrogen-bond donors (Lipinski definition) is 2. The Morgan fingerprint density at radius 3 is 2.60 bits per heavy atom. The fourth-order valence-corrected chi connectivity index (χ4v) is 2.71. The Morgan fingerprint density at radius 2 is 2.00 bits per heavy atom. The molecule has 110 valence electrons. The lowest BCUT2D eigenvalue weighted by Gasteiger charge is -2.36. The van der Waals surface area contributed by atoms with Crippen LogP contribution in [0.1, 0.15) is 31.7 Å².